The summed E-state index contributed by atoms with van der Waals surface area (Å²) < 4.78 is 0. The molecule has 114 valence electrons. The van der Waals surface area contributed by atoms with E-state index in [0.717, 1.165) is 12.8 Å². The van der Waals surface area contributed by atoms with Crippen molar-refractivity contribution in [2.24, 2.45) is 10.9 Å². The molecule has 4 N–H and O–H groups in total. The number of likely N-dealkylation sites (tertiary alicyclic amines) is 1. The minimum absolute atomic E-state index is 0.0297. The van der Waals surface area contributed by atoms with Gasteiger partial charge >= 0.3 is 6.03 Å². The molecule has 0 spiro atoms. The number of rotatable bonds is 2. The number of anilines is 1. The molecular weight excluding hydrogens is 315 g/mol. The molecule has 1 heterocycles. The number of nitrogens with two attached hydrogens (primary N) is 1. The zero-order valence-corrected chi connectivity index (χ0v) is 12.7. The summed E-state index contributed by atoms with van der Waals surface area (Å²) in [5.41, 5.74) is 6.08. The number of nitrogens with zero attached hydrogens (tertiary/aromatic N) is 2. The number of halogens is 2. The topological polar surface area (TPSA) is 91.0 Å². The second-order valence-electron chi connectivity index (χ2n) is 4.78. The lowest BCUT2D eigenvalue weighted by Gasteiger charge is -2.34. The normalized spacial score (nSPS) is 19.4. The molecule has 1 aliphatic rings. The Morgan fingerprint density at radius 1 is 1.43 bits per heavy atom. The van der Waals surface area contributed by atoms with Gasteiger partial charge in [-0.25, -0.2) is 4.79 Å². The van der Waals surface area contributed by atoms with Gasteiger partial charge in [-0.3, -0.25) is 0 Å². The molecule has 1 atom stereocenters. The Hall–Kier alpha value is -1.66. The van der Waals surface area contributed by atoms with E-state index in [-0.39, 0.29) is 11.9 Å². The summed E-state index contributed by atoms with van der Waals surface area (Å²) in [5, 5.41) is 15.4. The maximum absolute atomic E-state index is 12.4. The SMILES string of the molecule is NC(=NO)C1CCCCN1C(=O)Nc1cc(Cl)ccc1Cl. The summed E-state index contributed by atoms with van der Waals surface area (Å²) in [4.78, 5) is 13.9. The minimum atomic E-state index is -0.415. The zero-order valence-electron chi connectivity index (χ0n) is 11.2. The Morgan fingerprint density at radius 3 is 2.90 bits per heavy atom. The van der Waals surface area contributed by atoms with Gasteiger partial charge < -0.3 is 21.2 Å². The van der Waals surface area contributed by atoms with Gasteiger partial charge in [0, 0.05) is 11.6 Å². The van der Waals surface area contributed by atoms with Crippen LogP contribution in [-0.2, 0) is 0 Å². The van der Waals surface area contributed by atoms with Crippen molar-refractivity contribution >= 4 is 40.8 Å². The van der Waals surface area contributed by atoms with Crippen LogP contribution in [0.15, 0.2) is 23.4 Å². The molecule has 0 aliphatic carbocycles. The van der Waals surface area contributed by atoms with Crippen molar-refractivity contribution in [3.05, 3.63) is 28.2 Å². The average Bonchev–Trinajstić information content (AvgIpc) is 2.50. The summed E-state index contributed by atoms with van der Waals surface area (Å²) in [6, 6.07) is 4.05. The third-order valence-electron chi connectivity index (χ3n) is 3.39. The molecule has 2 amide bonds. The number of benzene rings is 1. The molecule has 21 heavy (non-hydrogen) atoms. The summed E-state index contributed by atoms with van der Waals surface area (Å²) in [6.45, 7) is 0.533. The van der Waals surface area contributed by atoms with Gasteiger partial charge in [0.2, 0.25) is 0 Å². The molecule has 1 unspecified atom stereocenters. The highest BCUT2D eigenvalue weighted by atomic mass is 35.5. The molecule has 0 bridgehead atoms. The van der Waals surface area contributed by atoms with Gasteiger partial charge in [0.15, 0.2) is 5.84 Å². The minimum Gasteiger partial charge on any atom is -0.409 e. The quantitative estimate of drug-likeness (QED) is 0.336. The van der Waals surface area contributed by atoms with Crippen molar-refractivity contribution in [3.63, 3.8) is 0 Å². The van der Waals surface area contributed by atoms with E-state index in [1.165, 1.54) is 4.90 Å². The molecule has 1 aromatic rings. The van der Waals surface area contributed by atoms with E-state index in [4.69, 9.17) is 34.1 Å². The Morgan fingerprint density at radius 2 is 2.19 bits per heavy atom. The van der Waals surface area contributed by atoms with Crippen LogP contribution in [0.2, 0.25) is 10.0 Å². The number of hydrogen-bond donors (Lipinski definition) is 3. The fourth-order valence-corrected chi connectivity index (χ4v) is 2.67. The number of nitrogens with one attached hydrogen (secondary N) is 1. The van der Waals surface area contributed by atoms with Crippen LogP contribution in [0.5, 0.6) is 0 Å². The zero-order chi connectivity index (χ0) is 15.4. The van der Waals surface area contributed by atoms with E-state index in [2.05, 4.69) is 10.5 Å². The molecule has 0 radical (unpaired) electrons. The first-order chi connectivity index (χ1) is 10.0. The molecule has 0 saturated carbocycles. The van der Waals surface area contributed by atoms with E-state index in [1.54, 1.807) is 18.2 Å². The highest BCUT2D eigenvalue weighted by Gasteiger charge is 2.30. The fraction of sp³-hybridized carbons (Fsp3) is 0.385. The van der Waals surface area contributed by atoms with Crippen LogP contribution in [0.1, 0.15) is 19.3 Å². The van der Waals surface area contributed by atoms with Gasteiger partial charge in [-0.05, 0) is 37.5 Å². The first-order valence-electron chi connectivity index (χ1n) is 6.53. The summed E-state index contributed by atoms with van der Waals surface area (Å²) in [7, 11) is 0. The van der Waals surface area contributed by atoms with E-state index in [1.807, 2.05) is 0 Å². The van der Waals surface area contributed by atoms with E-state index >= 15 is 0 Å². The lowest BCUT2D eigenvalue weighted by atomic mass is 10.0. The Bertz CT molecular complexity index is 565. The monoisotopic (exact) mass is 330 g/mol. The lowest BCUT2D eigenvalue weighted by molar-refractivity contribution is 0.183. The summed E-state index contributed by atoms with van der Waals surface area (Å²) in [6.07, 6.45) is 2.45. The predicted molar refractivity (Wildman–Crippen MR) is 83.2 cm³/mol. The van der Waals surface area contributed by atoms with Crippen LogP contribution in [0.3, 0.4) is 0 Å². The highest BCUT2D eigenvalue weighted by molar-refractivity contribution is 6.35. The lowest BCUT2D eigenvalue weighted by Crippen LogP contribution is -2.52. The molecule has 1 aliphatic heterocycles. The predicted octanol–water partition coefficient (Wildman–Crippen LogP) is 3.13. The number of oxime groups is 1. The molecule has 1 saturated heterocycles. The number of piperidine rings is 1. The molecule has 2 rings (SSSR count). The van der Waals surface area contributed by atoms with Crippen LogP contribution in [0.25, 0.3) is 0 Å². The van der Waals surface area contributed by atoms with Crippen molar-refractivity contribution < 1.29 is 10.0 Å². The fourth-order valence-electron chi connectivity index (χ4n) is 2.33. The smallest absolute Gasteiger partial charge is 0.322 e. The summed E-state index contributed by atoms with van der Waals surface area (Å²) in [5.74, 6) is 0.0297. The Kier molecular flexibility index (Phi) is 5.14. The van der Waals surface area contributed by atoms with Crippen molar-refractivity contribution in [1.29, 1.82) is 0 Å². The van der Waals surface area contributed by atoms with Gasteiger partial charge in [0.25, 0.3) is 0 Å². The first kappa shape index (κ1) is 15.7. The number of hydrogen-bond acceptors (Lipinski definition) is 3. The molecule has 8 heteroatoms. The second-order valence-corrected chi connectivity index (χ2v) is 5.63. The Labute approximate surface area is 132 Å². The van der Waals surface area contributed by atoms with E-state index in [0.29, 0.717) is 28.7 Å². The standard InChI is InChI=1S/C13H16Cl2N4O2/c14-8-4-5-9(15)10(7-8)17-13(20)19-6-2-1-3-11(19)12(16)18-21/h4-5,7,11,21H,1-3,6H2,(H2,16,18)(H,17,20). The Balaban J connectivity index is 2.16. The number of amidine groups is 1. The molecular formula is C13H16Cl2N4O2. The van der Waals surface area contributed by atoms with Crippen LogP contribution < -0.4 is 11.1 Å². The first-order valence-corrected chi connectivity index (χ1v) is 7.28. The van der Waals surface area contributed by atoms with Crippen molar-refractivity contribution in [2.45, 2.75) is 25.3 Å². The maximum atomic E-state index is 12.4. The van der Waals surface area contributed by atoms with Gasteiger partial charge in [-0.15, -0.1) is 0 Å². The van der Waals surface area contributed by atoms with Crippen molar-refractivity contribution in [3.8, 4) is 0 Å². The number of carbonyl (C=O) groups is 1. The van der Waals surface area contributed by atoms with Crippen molar-refractivity contribution in [2.75, 3.05) is 11.9 Å². The van der Waals surface area contributed by atoms with Crippen LogP contribution in [0.4, 0.5) is 10.5 Å². The number of amides is 2. The molecule has 1 fully saturated rings. The van der Waals surface area contributed by atoms with Gasteiger partial charge in [0.05, 0.1) is 16.8 Å². The molecule has 0 aromatic heterocycles. The third kappa shape index (κ3) is 3.71. The van der Waals surface area contributed by atoms with Crippen LogP contribution in [0, 0.1) is 0 Å². The maximum Gasteiger partial charge on any atom is 0.322 e. The van der Waals surface area contributed by atoms with Crippen LogP contribution >= 0.6 is 23.2 Å². The van der Waals surface area contributed by atoms with Gasteiger partial charge in [-0.2, -0.15) is 0 Å². The molecule has 1 aromatic carbocycles. The molecule has 6 nitrogen and oxygen atoms in total. The number of urea groups is 1. The van der Waals surface area contributed by atoms with E-state index < -0.39 is 6.04 Å². The van der Waals surface area contributed by atoms with Gasteiger partial charge in [-0.1, -0.05) is 28.4 Å². The highest BCUT2D eigenvalue weighted by Crippen LogP contribution is 2.26. The van der Waals surface area contributed by atoms with Crippen molar-refractivity contribution in [1.82, 2.24) is 4.90 Å². The van der Waals surface area contributed by atoms with E-state index in [9.17, 15) is 4.79 Å². The van der Waals surface area contributed by atoms with Gasteiger partial charge in [0.1, 0.15) is 0 Å². The summed E-state index contributed by atoms with van der Waals surface area (Å²) >= 11 is 11.9. The van der Waals surface area contributed by atoms with Crippen LogP contribution in [-0.4, -0.2) is 34.6 Å². The average molecular weight is 331 g/mol. The largest absolute Gasteiger partial charge is 0.409 e. The number of carbonyl (C=O) groups excluding carboxylic acids is 1. The second kappa shape index (κ2) is 6.87. The third-order valence-corrected chi connectivity index (χ3v) is 3.96.